The number of amides is 1. The molecular weight excluding hydrogens is 352 g/mol. The monoisotopic (exact) mass is 382 g/mol. The number of carbonyl (C=O) groups excluding carboxylic acids is 1. The van der Waals surface area contributed by atoms with Gasteiger partial charge in [0.05, 0.1) is 11.7 Å². The smallest absolute Gasteiger partial charge is 0.257 e. The molecule has 1 fully saturated rings. The van der Waals surface area contributed by atoms with Crippen molar-refractivity contribution >= 4 is 11.7 Å². The number of anilines is 1. The number of rotatable bonds is 5. The Morgan fingerprint density at radius 3 is 2.50 bits per heavy atom. The Kier molecular flexibility index (Phi) is 6.17. The van der Waals surface area contributed by atoms with Gasteiger partial charge in [-0.3, -0.25) is 4.79 Å². The van der Waals surface area contributed by atoms with Crippen LogP contribution in [0, 0.1) is 13.8 Å². The van der Waals surface area contributed by atoms with Gasteiger partial charge >= 0.3 is 0 Å². The fraction of sp³-hybridized carbons (Fsp3) is 0.500. The summed E-state index contributed by atoms with van der Waals surface area (Å²) in [7, 11) is 1.90. The summed E-state index contributed by atoms with van der Waals surface area (Å²) in [6.07, 6.45) is 1.86. The highest BCUT2D eigenvalue weighted by Gasteiger charge is 2.28. The molecule has 150 valence electrons. The molecule has 0 unspecified atom stereocenters. The van der Waals surface area contributed by atoms with Crippen molar-refractivity contribution in [3.8, 4) is 5.75 Å². The van der Waals surface area contributed by atoms with Crippen LogP contribution >= 0.6 is 0 Å². The van der Waals surface area contributed by atoms with Crippen molar-refractivity contribution in [2.45, 2.75) is 52.7 Å². The van der Waals surface area contributed by atoms with Crippen molar-refractivity contribution in [3.05, 3.63) is 47.4 Å². The maximum absolute atomic E-state index is 13.1. The van der Waals surface area contributed by atoms with Gasteiger partial charge in [0, 0.05) is 37.9 Å². The molecule has 0 bridgehead atoms. The summed E-state index contributed by atoms with van der Waals surface area (Å²) >= 11 is 0. The molecule has 6 nitrogen and oxygen atoms in total. The number of nitrogens with zero attached hydrogens (tertiary/aromatic N) is 4. The van der Waals surface area contributed by atoms with Gasteiger partial charge in [0.25, 0.3) is 5.91 Å². The lowest BCUT2D eigenvalue weighted by atomic mass is 10.0. The van der Waals surface area contributed by atoms with Gasteiger partial charge in [-0.1, -0.05) is 12.1 Å². The molecule has 1 aromatic heterocycles. The number of para-hydroxylation sites is 1. The third kappa shape index (κ3) is 4.61. The molecule has 28 heavy (non-hydrogen) atoms. The number of aryl methyl sites for hydroxylation is 2. The van der Waals surface area contributed by atoms with Crippen LogP contribution < -0.4 is 9.64 Å². The molecule has 0 atom stereocenters. The minimum atomic E-state index is 0.0171. The molecule has 1 amide bonds. The Balaban J connectivity index is 1.67. The Bertz CT molecular complexity index is 809. The van der Waals surface area contributed by atoms with Crippen LogP contribution in [0.4, 0.5) is 5.82 Å². The molecule has 0 N–H and O–H groups in total. The molecule has 1 saturated heterocycles. The first-order valence-corrected chi connectivity index (χ1v) is 9.95. The van der Waals surface area contributed by atoms with Gasteiger partial charge in [-0.25, -0.2) is 9.97 Å². The van der Waals surface area contributed by atoms with Crippen LogP contribution in [-0.2, 0) is 0 Å². The lowest BCUT2D eigenvalue weighted by Gasteiger charge is -2.37. The summed E-state index contributed by atoms with van der Waals surface area (Å²) in [5.41, 5.74) is 1.61. The van der Waals surface area contributed by atoms with Gasteiger partial charge < -0.3 is 14.5 Å². The minimum Gasteiger partial charge on any atom is -0.490 e. The van der Waals surface area contributed by atoms with Gasteiger partial charge in [-0.15, -0.1) is 0 Å². The van der Waals surface area contributed by atoms with E-state index in [0.29, 0.717) is 11.3 Å². The standard InChI is InChI=1S/C22H30N4O2/c1-15(2)28-20-9-7-6-8-19(20)22(27)25(5)18-10-12-26(13-11-18)21-14-16(3)23-17(4)24-21/h6-9,14-15,18H,10-13H2,1-5H3. The van der Waals surface area contributed by atoms with Gasteiger partial charge in [0.15, 0.2) is 0 Å². The second kappa shape index (κ2) is 8.59. The molecule has 6 heteroatoms. The van der Waals surface area contributed by atoms with Crippen LogP contribution in [0.1, 0.15) is 48.6 Å². The highest BCUT2D eigenvalue weighted by molar-refractivity contribution is 5.97. The third-order valence-corrected chi connectivity index (χ3v) is 5.09. The summed E-state index contributed by atoms with van der Waals surface area (Å²) in [6.45, 7) is 9.61. The molecule has 1 aliphatic heterocycles. The molecule has 3 rings (SSSR count). The maximum atomic E-state index is 13.1. The first kappa shape index (κ1) is 20.1. The number of hydrogen-bond acceptors (Lipinski definition) is 5. The summed E-state index contributed by atoms with van der Waals surface area (Å²) in [5, 5.41) is 0. The van der Waals surface area contributed by atoms with E-state index >= 15 is 0 Å². The Morgan fingerprint density at radius 2 is 1.86 bits per heavy atom. The van der Waals surface area contributed by atoms with Crippen LogP contribution in [0.2, 0.25) is 0 Å². The minimum absolute atomic E-state index is 0.0171. The fourth-order valence-electron chi connectivity index (χ4n) is 3.70. The average molecular weight is 383 g/mol. The third-order valence-electron chi connectivity index (χ3n) is 5.09. The molecular formula is C22H30N4O2. The van der Waals surface area contributed by atoms with Crippen molar-refractivity contribution in [2.24, 2.45) is 0 Å². The van der Waals surface area contributed by atoms with E-state index in [9.17, 15) is 4.79 Å². The number of ether oxygens (including phenoxy) is 1. The Labute approximate surface area is 167 Å². The topological polar surface area (TPSA) is 58.6 Å². The van der Waals surface area contributed by atoms with Crippen molar-refractivity contribution in [1.29, 1.82) is 0 Å². The first-order chi connectivity index (χ1) is 13.3. The zero-order chi connectivity index (χ0) is 20.3. The molecule has 1 aliphatic rings. The highest BCUT2D eigenvalue weighted by atomic mass is 16.5. The molecule has 0 saturated carbocycles. The summed E-state index contributed by atoms with van der Waals surface area (Å²) < 4.78 is 5.83. The van der Waals surface area contributed by atoms with Gasteiger partial charge in [-0.2, -0.15) is 0 Å². The second-order valence-electron chi connectivity index (χ2n) is 7.71. The first-order valence-electron chi connectivity index (χ1n) is 9.95. The predicted octanol–water partition coefficient (Wildman–Crippen LogP) is 3.62. The fourth-order valence-corrected chi connectivity index (χ4v) is 3.70. The van der Waals surface area contributed by atoms with E-state index in [2.05, 4.69) is 14.9 Å². The van der Waals surface area contributed by atoms with E-state index in [-0.39, 0.29) is 18.1 Å². The Morgan fingerprint density at radius 1 is 1.18 bits per heavy atom. The van der Waals surface area contributed by atoms with E-state index in [1.807, 2.05) is 70.0 Å². The quantitative estimate of drug-likeness (QED) is 0.790. The Hall–Kier alpha value is -2.63. The predicted molar refractivity (Wildman–Crippen MR) is 111 cm³/mol. The van der Waals surface area contributed by atoms with Crippen LogP contribution in [0.25, 0.3) is 0 Å². The number of piperidine rings is 1. The van der Waals surface area contributed by atoms with Gasteiger partial charge in [0.2, 0.25) is 0 Å². The van der Waals surface area contributed by atoms with E-state index in [1.54, 1.807) is 0 Å². The zero-order valence-corrected chi connectivity index (χ0v) is 17.5. The van der Waals surface area contributed by atoms with Gasteiger partial charge in [-0.05, 0) is 52.7 Å². The van der Waals surface area contributed by atoms with E-state index < -0.39 is 0 Å². The molecule has 0 spiro atoms. The van der Waals surface area contributed by atoms with E-state index in [0.717, 1.165) is 43.3 Å². The highest BCUT2D eigenvalue weighted by Crippen LogP contribution is 2.25. The number of benzene rings is 1. The largest absolute Gasteiger partial charge is 0.490 e. The summed E-state index contributed by atoms with van der Waals surface area (Å²) in [5.74, 6) is 2.45. The maximum Gasteiger partial charge on any atom is 0.257 e. The molecule has 2 heterocycles. The average Bonchev–Trinajstić information content (AvgIpc) is 2.66. The van der Waals surface area contributed by atoms with Crippen molar-refractivity contribution in [3.63, 3.8) is 0 Å². The summed E-state index contributed by atoms with van der Waals surface area (Å²) in [4.78, 5) is 26.2. The lowest BCUT2D eigenvalue weighted by molar-refractivity contribution is 0.0703. The number of carbonyl (C=O) groups is 1. The van der Waals surface area contributed by atoms with Crippen LogP contribution in [0.5, 0.6) is 5.75 Å². The van der Waals surface area contributed by atoms with E-state index in [4.69, 9.17) is 4.74 Å². The molecule has 0 radical (unpaired) electrons. The van der Waals surface area contributed by atoms with Crippen LogP contribution in [0.3, 0.4) is 0 Å². The van der Waals surface area contributed by atoms with Gasteiger partial charge in [0.1, 0.15) is 17.4 Å². The lowest BCUT2D eigenvalue weighted by Crippen LogP contribution is -2.46. The van der Waals surface area contributed by atoms with Crippen molar-refractivity contribution in [1.82, 2.24) is 14.9 Å². The summed E-state index contributed by atoms with van der Waals surface area (Å²) in [6, 6.07) is 9.73. The van der Waals surface area contributed by atoms with E-state index in [1.165, 1.54) is 0 Å². The zero-order valence-electron chi connectivity index (χ0n) is 17.5. The van der Waals surface area contributed by atoms with Crippen molar-refractivity contribution in [2.75, 3.05) is 25.0 Å². The van der Waals surface area contributed by atoms with Crippen LogP contribution in [0.15, 0.2) is 30.3 Å². The normalized spacial score (nSPS) is 15.0. The number of hydrogen-bond donors (Lipinski definition) is 0. The van der Waals surface area contributed by atoms with Crippen LogP contribution in [-0.4, -0.2) is 53.1 Å². The SMILES string of the molecule is Cc1cc(N2CCC(N(C)C(=O)c3ccccc3OC(C)C)CC2)nc(C)n1. The number of aromatic nitrogens is 2. The molecule has 0 aliphatic carbocycles. The van der Waals surface area contributed by atoms with Crippen molar-refractivity contribution < 1.29 is 9.53 Å². The molecule has 2 aromatic rings. The second-order valence-corrected chi connectivity index (χ2v) is 7.71. The molecule has 1 aromatic carbocycles.